The minimum absolute atomic E-state index is 0.365. The van der Waals surface area contributed by atoms with E-state index in [1.54, 1.807) is 0 Å². The van der Waals surface area contributed by atoms with Gasteiger partial charge < -0.3 is 0 Å². The Morgan fingerprint density at radius 1 is 1.25 bits per heavy atom. The summed E-state index contributed by atoms with van der Waals surface area (Å²) >= 11 is 0.653. The molecule has 0 nitrogen and oxygen atoms in total. The molecule has 0 saturated heterocycles. The third-order valence-electron chi connectivity index (χ3n) is 1.34. The van der Waals surface area contributed by atoms with Crippen molar-refractivity contribution in [3.63, 3.8) is 0 Å². The van der Waals surface area contributed by atoms with E-state index in [0.717, 1.165) is 12.5 Å². The van der Waals surface area contributed by atoms with E-state index < -0.39 is 5.25 Å². The molecule has 0 aliphatic rings. The van der Waals surface area contributed by atoms with Crippen molar-refractivity contribution >= 4 is 11.8 Å². The summed E-state index contributed by atoms with van der Waals surface area (Å²) < 4.78 is 24.7. The fraction of sp³-hybridized carbons (Fsp3) is 0.333. The Morgan fingerprint density at radius 2 is 1.83 bits per heavy atom. The first-order valence-corrected chi connectivity index (χ1v) is 4.62. The van der Waals surface area contributed by atoms with E-state index in [2.05, 4.69) is 0 Å². The Labute approximate surface area is 75.0 Å². The molecule has 66 valence electrons. The van der Waals surface area contributed by atoms with E-state index in [1.807, 2.05) is 30.3 Å². The van der Waals surface area contributed by atoms with Gasteiger partial charge >= 0.3 is 0 Å². The molecule has 1 aromatic rings. The average molecular weight is 188 g/mol. The lowest BCUT2D eigenvalue weighted by molar-refractivity contribution is 0.129. The standard InChI is InChI=1S/C9H10F2S/c1-9(10,11)12-7-8-5-3-2-4-6-8/h2-6H,7H2,1H3. The van der Waals surface area contributed by atoms with Crippen molar-refractivity contribution in [2.45, 2.75) is 17.9 Å². The van der Waals surface area contributed by atoms with Crippen molar-refractivity contribution in [3.8, 4) is 0 Å². The highest BCUT2D eigenvalue weighted by molar-refractivity contribution is 7.99. The van der Waals surface area contributed by atoms with Crippen molar-refractivity contribution < 1.29 is 8.78 Å². The number of hydrogen-bond donors (Lipinski definition) is 0. The summed E-state index contributed by atoms with van der Waals surface area (Å²) in [5.41, 5.74) is 0.934. The third-order valence-corrected chi connectivity index (χ3v) is 2.32. The van der Waals surface area contributed by atoms with Gasteiger partial charge in [0.1, 0.15) is 0 Å². The van der Waals surface area contributed by atoms with Crippen molar-refractivity contribution in [1.29, 1.82) is 0 Å². The van der Waals surface area contributed by atoms with Gasteiger partial charge in [-0.2, -0.15) is 8.78 Å². The third kappa shape index (κ3) is 3.72. The first-order chi connectivity index (χ1) is 5.58. The van der Waals surface area contributed by atoms with Crippen LogP contribution < -0.4 is 0 Å². The van der Waals surface area contributed by atoms with Crippen molar-refractivity contribution in [2.75, 3.05) is 0 Å². The summed E-state index contributed by atoms with van der Waals surface area (Å²) in [6, 6.07) is 9.27. The van der Waals surface area contributed by atoms with E-state index in [9.17, 15) is 8.78 Å². The lowest BCUT2D eigenvalue weighted by Gasteiger charge is -2.08. The summed E-state index contributed by atoms with van der Waals surface area (Å²) in [6.45, 7) is 0.917. The van der Waals surface area contributed by atoms with Crippen LogP contribution in [0.5, 0.6) is 0 Å². The number of benzene rings is 1. The molecular weight excluding hydrogens is 178 g/mol. The molecular formula is C9H10F2S. The summed E-state index contributed by atoms with van der Waals surface area (Å²) in [4.78, 5) is 0. The minimum atomic E-state index is -2.63. The van der Waals surface area contributed by atoms with Gasteiger partial charge in [-0.05, 0) is 5.56 Å². The second kappa shape index (κ2) is 3.90. The summed E-state index contributed by atoms with van der Waals surface area (Å²) in [5, 5.41) is -2.63. The van der Waals surface area contributed by atoms with Crippen molar-refractivity contribution in [3.05, 3.63) is 35.9 Å². The monoisotopic (exact) mass is 188 g/mol. The zero-order valence-corrected chi connectivity index (χ0v) is 7.57. The SMILES string of the molecule is CC(F)(F)SCc1ccccc1. The van der Waals surface area contributed by atoms with E-state index in [0.29, 0.717) is 17.5 Å². The fourth-order valence-corrected chi connectivity index (χ4v) is 1.40. The smallest absolute Gasteiger partial charge is 0.195 e. The molecule has 0 amide bonds. The molecule has 0 bridgehead atoms. The molecule has 0 N–H and O–H groups in total. The lowest BCUT2D eigenvalue weighted by Crippen LogP contribution is -2.02. The number of thioether (sulfide) groups is 1. The molecule has 12 heavy (non-hydrogen) atoms. The van der Waals surface area contributed by atoms with Gasteiger partial charge in [0, 0.05) is 12.7 Å². The van der Waals surface area contributed by atoms with Crippen LogP contribution in [0.4, 0.5) is 8.78 Å². The number of halogens is 2. The first-order valence-electron chi connectivity index (χ1n) is 3.64. The molecule has 0 aliphatic heterocycles. The van der Waals surface area contributed by atoms with Crippen LogP contribution in [0, 0.1) is 0 Å². The van der Waals surface area contributed by atoms with Crippen LogP contribution in [0.3, 0.4) is 0 Å². The topological polar surface area (TPSA) is 0 Å². The van der Waals surface area contributed by atoms with Gasteiger partial charge in [-0.15, -0.1) is 0 Å². The predicted octanol–water partition coefficient (Wildman–Crippen LogP) is 3.53. The molecule has 0 unspecified atom stereocenters. The zero-order valence-electron chi connectivity index (χ0n) is 6.76. The molecule has 0 heterocycles. The predicted molar refractivity (Wildman–Crippen MR) is 48.4 cm³/mol. The van der Waals surface area contributed by atoms with Gasteiger partial charge in [0.25, 0.3) is 5.25 Å². The van der Waals surface area contributed by atoms with Crippen molar-refractivity contribution in [1.82, 2.24) is 0 Å². The zero-order chi connectivity index (χ0) is 9.03. The Kier molecular flexibility index (Phi) is 3.09. The summed E-state index contributed by atoms with van der Waals surface area (Å²) in [6.07, 6.45) is 0. The Balaban J connectivity index is 2.44. The van der Waals surface area contributed by atoms with Gasteiger partial charge in [0.2, 0.25) is 0 Å². The second-order valence-electron chi connectivity index (χ2n) is 2.58. The Morgan fingerprint density at radius 3 is 2.33 bits per heavy atom. The van der Waals surface area contributed by atoms with Crippen LogP contribution in [0.25, 0.3) is 0 Å². The quantitative estimate of drug-likeness (QED) is 0.699. The van der Waals surface area contributed by atoms with E-state index >= 15 is 0 Å². The molecule has 0 atom stereocenters. The van der Waals surface area contributed by atoms with Crippen LogP contribution in [0.15, 0.2) is 30.3 Å². The maximum Gasteiger partial charge on any atom is 0.291 e. The summed E-state index contributed by atoms with van der Waals surface area (Å²) in [5.74, 6) is 0.365. The van der Waals surface area contributed by atoms with Crippen LogP contribution in [-0.4, -0.2) is 5.25 Å². The normalized spacial score (nSPS) is 11.6. The molecule has 1 rings (SSSR count). The molecule has 0 aromatic heterocycles. The fourth-order valence-electron chi connectivity index (χ4n) is 0.784. The van der Waals surface area contributed by atoms with Gasteiger partial charge in [-0.3, -0.25) is 0 Å². The van der Waals surface area contributed by atoms with Gasteiger partial charge in [0.05, 0.1) is 0 Å². The molecule has 0 radical (unpaired) electrons. The van der Waals surface area contributed by atoms with Gasteiger partial charge in [-0.25, -0.2) is 0 Å². The van der Waals surface area contributed by atoms with Crippen LogP contribution in [-0.2, 0) is 5.75 Å². The average Bonchev–Trinajstić information content (AvgIpc) is 2.02. The molecule has 3 heteroatoms. The number of alkyl halides is 2. The maximum absolute atomic E-state index is 12.4. The molecule has 0 fully saturated rings. The van der Waals surface area contributed by atoms with Gasteiger partial charge in [0.15, 0.2) is 0 Å². The summed E-state index contributed by atoms with van der Waals surface area (Å²) in [7, 11) is 0. The number of hydrogen-bond acceptors (Lipinski definition) is 1. The van der Waals surface area contributed by atoms with Gasteiger partial charge in [-0.1, -0.05) is 42.1 Å². The molecule has 0 spiro atoms. The van der Waals surface area contributed by atoms with Crippen LogP contribution in [0.2, 0.25) is 0 Å². The Hall–Kier alpha value is -0.570. The second-order valence-corrected chi connectivity index (χ2v) is 3.88. The molecule has 0 aliphatic carbocycles. The highest BCUT2D eigenvalue weighted by Gasteiger charge is 2.20. The van der Waals surface area contributed by atoms with E-state index in [1.165, 1.54) is 0 Å². The first kappa shape index (κ1) is 9.52. The number of rotatable bonds is 3. The highest BCUT2D eigenvalue weighted by Crippen LogP contribution is 2.30. The molecule has 0 saturated carbocycles. The van der Waals surface area contributed by atoms with E-state index in [-0.39, 0.29) is 0 Å². The highest BCUT2D eigenvalue weighted by atomic mass is 32.2. The Bertz CT molecular complexity index is 228. The van der Waals surface area contributed by atoms with Crippen LogP contribution >= 0.6 is 11.8 Å². The largest absolute Gasteiger partial charge is 0.291 e. The molecule has 1 aromatic carbocycles. The maximum atomic E-state index is 12.4. The van der Waals surface area contributed by atoms with E-state index in [4.69, 9.17) is 0 Å². The van der Waals surface area contributed by atoms with Crippen molar-refractivity contribution in [2.24, 2.45) is 0 Å². The minimum Gasteiger partial charge on any atom is -0.195 e. The lowest BCUT2D eigenvalue weighted by atomic mass is 10.2. The van der Waals surface area contributed by atoms with Crippen LogP contribution in [0.1, 0.15) is 12.5 Å².